The molecule has 0 bridgehead atoms. The fraction of sp³-hybridized carbons (Fsp3) is 0.222. The van der Waals surface area contributed by atoms with Gasteiger partial charge in [-0.3, -0.25) is 0 Å². The van der Waals surface area contributed by atoms with E-state index in [0.717, 1.165) is 14.4 Å². The van der Waals surface area contributed by atoms with Crippen LogP contribution in [0.2, 0.25) is 0 Å². The van der Waals surface area contributed by atoms with E-state index in [-0.39, 0.29) is 5.97 Å². The first kappa shape index (κ1) is 10.8. The second-order valence-electron chi connectivity index (χ2n) is 2.61. The molecule has 4 heteroatoms. The van der Waals surface area contributed by atoms with Gasteiger partial charge >= 0.3 is 94.4 Å². The first-order valence-electron chi connectivity index (χ1n) is 3.63. The normalized spacial score (nSPS) is 9.85. The number of hydrogen-bond donors (Lipinski definition) is 0. The average Bonchev–Trinajstić information content (AvgIpc) is 2.10. The van der Waals surface area contributed by atoms with Gasteiger partial charge in [0, 0.05) is 0 Å². The number of rotatable bonds is 1. The van der Waals surface area contributed by atoms with Gasteiger partial charge in [-0.25, -0.2) is 0 Å². The molecule has 1 rings (SSSR count). The van der Waals surface area contributed by atoms with Crippen LogP contribution in [0.15, 0.2) is 16.6 Å². The van der Waals surface area contributed by atoms with E-state index >= 15 is 0 Å². The average molecular weight is 303 g/mol. The molecule has 0 spiro atoms. The Morgan fingerprint density at radius 1 is 1.54 bits per heavy atom. The number of methoxy groups -OCH3 is 1. The summed E-state index contributed by atoms with van der Waals surface area (Å²) in [5.74, 6) is -0.320. The van der Waals surface area contributed by atoms with E-state index in [9.17, 15) is 4.79 Å². The Bertz CT molecular complexity index is 350. The van der Waals surface area contributed by atoms with Crippen LogP contribution < -0.4 is 4.35 Å². The maximum atomic E-state index is 11.2. The molecule has 0 aromatic heterocycles. The third kappa shape index (κ3) is 2.35. The molecule has 0 saturated carbocycles. The Morgan fingerprint density at radius 3 is 2.69 bits per heavy atom. The summed E-state index contributed by atoms with van der Waals surface area (Å²) in [7, 11) is 1.37. The van der Waals surface area contributed by atoms with Gasteiger partial charge in [0.2, 0.25) is 0 Å². The quantitative estimate of drug-likeness (QED) is 0.578. The number of aryl methyl sites for hydroxylation is 1. The van der Waals surface area contributed by atoms with Crippen molar-refractivity contribution >= 4 is 43.1 Å². The molecule has 0 fully saturated rings. The molecular formula is C9H8AsBrO2. The van der Waals surface area contributed by atoms with Crippen molar-refractivity contribution in [1.29, 1.82) is 0 Å². The molecule has 0 amide bonds. The second-order valence-corrected chi connectivity index (χ2v) is 4.48. The maximum absolute atomic E-state index is 11.2. The molecule has 2 radical (unpaired) electrons. The van der Waals surface area contributed by atoms with Crippen LogP contribution >= 0.6 is 15.9 Å². The van der Waals surface area contributed by atoms with Crippen LogP contribution in [0.3, 0.4) is 0 Å². The van der Waals surface area contributed by atoms with Crippen molar-refractivity contribution in [2.75, 3.05) is 7.11 Å². The molecule has 0 saturated heterocycles. The second kappa shape index (κ2) is 4.30. The number of ether oxygens (including phenoxy) is 1. The van der Waals surface area contributed by atoms with Crippen LogP contribution in [0.25, 0.3) is 0 Å². The Balaban J connectivity index is 3.23. The Kier molecular flexibility index (Phi) is 3.57. The van der Waals surface area contributed by atoms with Gasteiger partial charge in [-0.2, -0.15) is 0 Å². The van der Waals surface area contributed by atoms with Gasteiger partial charge in [-0.05, 0) is 0 Å². The first-order valence-corrected chi connectivity index (χ1v) is 5.37. The van der Waals surface area contributed by atoms with E-state index < -0.39 is 0 Å². The van der Waals surface area contributed by atoms with Gasteiger partial charge in [0.1, 0.15) is 0 Å². The monoisotopic (exact) mass is 302 g/mol. The van der Waals surface area contributed by atoms with Crippen LogP contribution in [-0.4, -0.2) is 29.9 Å². The van der Waals surface area contributed by atoms with Gasteiger partial charge in [0.25, 0.3) is 0 Å². The van der Waals surface area contributed by atoms with Crippen molar-refractivity contribution in [2.24, 2.45) is 0 Å². The van der Waals surface area contributed by atoms with Crippen molar-refractivity contribution in [3.63, 3.8) is 0 Å². The minimum absolute atomic E-state index is 0.320. The van der Waals surface area contributed by atoms with Crippen molar-refractivity contribution in [3.05, 3.63) is 27.7 Å². The van der Waals surface area contributed by atoms with Crippen molar-refractivity contribution in [3.8, 4) is 0 Å². The van der Waals surface area contributed by atoms with Crippen LogP contribution in [0.1, 0.15) is 15.9 Å². The summed E-state index contributed by atoms with van der Waals surface area (Å²) in [5.41, 5.74) is 1.68. The molecule has 1 aromatic carbocycles. The van der Waals surface area contributed by atoms with Crippen LogP contribution in [0.4, 0.5) is 0 Å². The van der Waals surface area contributed by atoms with Gasteiger partial charge in [-0.15, -0.1) is 0 Å². The number of hydrogen-bond acceptors (Lipinski definition) is 2. The number of carbonyl (C=O) groups excluding carboxylic acids is 1. The molecule has 0 atom stereocenters. The summed E-state index contributed by atoms with van der Waals surface area (Å²) in [5, 5.41) is 0. The van der Waals surface area contributed by atoms with Crippen LogP contribution in [0.5, 0.6) is 0 Å². The molecule has 0 heterocycles. The van der Waals surface area contributed by atoms with Crippen molar-refractivity contribution < 1.29 is 9.53 Å². The summed E-state index contributed by atoms with van der Waals surface area (Å²) in [6.07, 6.45) is 0. The molecule has 2 nitrogen and oxygen atoms in total. The summed E-state index contributed by atoms with van der Waals surface area (Å²) >= 11 is 5.74. The zero-order chi connectivity index (χ0) is 10.0. The predicted molar refractivity (Wildman–Crippen MR) is 55.6 cm³/mol. The molecule has 1 aromatic rings. The third-order valence-corrected chi connectivity index (χ3v) is 3.36. The van der Waals surface area contributed by atoms with E-state index in [0.29, 0.717) is 5.56 Å². The molecule has 0 N–H and O–H groups in total. The number of carbonyl (C=O) groups is 1. The summed E-state index contributed by atoms with van der Waals surface area (Å²) < 4.78 is 6.43. The van der Waals surface area contributed by atoms with Crippen molar-refractivity contribution in [1.82, 2.24) is 0 Å². The van der Waals surface area contributed by atoms with Crippen LogP contribution in [-0.2, 0) is 4.74 Å². The van der Waals surface area contributed by atoms with E-state index in [4.69, 9.17) is 0 Å². The Morgan fingerprint density at radius 2 is 2.15 bits per heavy atom. The van der Waals surface area contributed by atoms with E-state index in [1.54, 1.807) is 6.07 Å². The van der Waals surface area contributed by atoms with E-state index in [1.807, 2.05) is 13.0 Å². The van der Waals surface area contributed by atoms with Gasteiger partial charge in [0.05, 0.1) is 0 Å². The molecule has 0 aliphatic carbocycles. The number of benzene rings is 1. The summed E-state index contributed by atoms with van der Waals surface area (Å²) in [4.78, 5) is 11.2. The van der Waals surface area contributed by atoms with Gasteiger partial charge in [0.15, 0.2) is 0 Å². The Labute approximate surface area is 94.3 Å². The SMILES string of the molecule is COC(=O)c1cc([As])c(C)cc1Br. The molecule has 0 aliphatic rings. The summed E-state index contributed by atoms with van der Waals surface area (Å²) in [6.45, 7) is 1.99. The fourth-order valence-corrected chi connectivity index (χ4v) is 1.95. The van der Waals surface area contributed by atoms with Gasteiger partial charge in [-0.1, -0.05) is 0 Å². The number of halogens is 1. The first-order chi connectivity index (χ1) is 6.06. The van der Waals surface area contributed by atoms with Crippen molar-refractivity contribution in [2.45, 2.75) is 6.92 Å². The summed E-state index contributed by atoms with van der Waals surface area (Å²) in [6, 6.07) is 3.70. The topological polar surface area (TPSA) is 26.3 Å². The standard InChI is InChI=1S/C9H8AsBrO2/c1-5-3-8(11)6(4-7(5)10)9(12)13-2/h3-4H,1-2H3. The number of esters is 1. The molecular weight excluding hydrogens is 295 g/mol. The fourth-order valence-electron chi connectivity index (χ4n) is 0.928. The molecule has 13 heavy (non-hydrogen) atoms. The Hall–Kier alpha value is -0.272. The molecule has 0 unspecified atom stereocenters. The molecule has 68 valence electrons. The van der Waals surface area contributed by atoms with E-state index in [2.05, 4.69) is 37.5 Å². The minimum atomic E-state index is -0.320. The zero-order valence-electron chi connectivity index (χ0n) is 7.30. The third-order valence-electron chi connectivity index (χ3n) is 1.69. The molecule has 0 aliphatic heterocycles. The predicted octanol–water partition coefficient (Wildman–Crippen LogP) is 1.34. The van der Waals surface area contributed by atoms with E-state index in [1.165, 1.54) is 7.11 Å². The zero-order valence-corrected chi connectivity index (χ0v) is 10.8. The van der Waals surface area contributed by atoms with Crippen LogP contribution in [0, 0.1) is 6.92 Å². The van der Waals surface area contributed by atoms with Gasteiger partial charge < -0.3 is 0 Å².